The van der Waals surface area contributed by atoms with Gasteiger partial charge in [0.15, 0.2) is 0 Å². The van der Waals surface area contributed by atoms with E-state index in [-0.39, 0.29) is 11.9 Å². The fourth-order valence-corrected chi connectivity index (χ4v) is 3.56. The van der Waals surface area contributed by atoms with Gasteiger partial charge in [-0.25, -0.2) is 0 Å². The van der Waals surface area contributed by atoms with Crippen molar-refractivity contribution in [2.75, 3.05) is 13.6 Å². The third-order valence-electron chi connectivity index (χ3n) is 5.42. The van der Waals surface area contributed by atoms with Crippen molar-refractivity contribution < 1.29 is 4.79 Å². The molecule has 1 aromatic rings. The van der Waals surface area contributed by atoms with Gasteiger partial charge in [0.05, 0.1) is 5.69 Å². The van der Waals surface area contributed by atoms with Crippen molar-refractivity contribution in [3.63, 3.8) is 0 Å². The van der Waals surface area contributed by atoms with Crippen molar-refractivity contribution in [2.24, 2.45) is 4.99 Å². The molecule has 0 saturated carbocycles. The average Bonchev–Trinajstić information content (AvgIpc) is 2.70. The fraction of sp³-hybridized carbons (Fsp3) is 0.680. The Labute approximate surface area is 179 Å². The average molecular weight is 402 g/mol. The summed E-state index contributed by atoms with van der Waals surface area (Å²) in [7, 11) is 1.95. The Morgan fingerprint density at radius 1 is 1.07 bits per heavy atom. The number of nitrogens with zero attached hydrogens (tertiary/aromatic N) is 1. The Balaban J connectivity index is 2.42. The molecule has 4 heteroatoms. The zero-order chi connectivity index (χ0) is 21.5. The molecule has 164 valence electrons. The summed E-state index contributed by atoms with van der Waals surface area (Å²) in [4.78, 5) is 17.1. The number of hydrogen-bond donors (Lipinski definition) is 2. The Morgan fingerprint density at radius 3 is 2.45 bits per heavy atom. The van der Waals surface area contributed by atoms with Crippen LogP contribution >= 0.6 is 0 Å². The van der Waals surface area contributed by atoms with Gasteiger partial charge < -0.3 is 10.6 Å². The molecule has 4 nitrogen and oxygen atoms in total. The van der Waals surface area contributed by atoms with Gasteiger partial charge in [-0.2, -0.15) is 0 Å². The van der Waals surface area contributed by atoms with Crippen LogP contribution in [0.5, 0.6) is 0 Å². The van der Waals surface area contributed by atoms with Gasteiger partial charge in [0.2, 0.25) is 5.91 Å². The zero-order valence-electron chi connectivity index (χ0n) is 19.4. The topological polar surface area (TPSA) is 53.5 Å². The van der Waals surface area contributed by atoms with Gasteiger partial charge in [0.1, 0.15) is 0 Å². The highest BCUT2D eigenvalue weighted by Crippen LogP contribution is 2.21. The van der Waals surface area contributed by atoms with E-state index in [1.807, 2.05) is 14.0 Å². The summed E-state index contributed by atoms with van der Waals surface area (Å²) >= 11 is 0. The molecule has 0 aliphatic rings. The Kier molecular flexibility index (Phi) is 13.3. The minimum atomic E-state index is 0.129. The van der Waals surface area contributed by atoms with Crippen LogP contribution in [0.1, 0.15) is 89.7 Å². The lowest BCUT2D eigenvalue weighted by Gasteiger charge is -2.18. The number of carbonyl (C=O) groups excluding carboxylic acids is 1. The summed E-state index contributed by atoms with van der Waals surface area (Å²) < 4.78 is 0. The molecule has 0 aliphatic heterocycles. The Bertz CT molecular complexity index is 624. The highest BCUT2D eigenvalue weighted by Gasteiger charge is 2.12. The molecule has 0 bridgehead atoms. The molecule has 2 N–H and O–H groups in total. The van der Waals surface area contributed by atoms with Gasteiger partial charge in [-0.3, -0.25) is 9.79 Å². The van der Waals surface area contributed by atoms with Crippen molar-refractivity contribution in [3.8, 4) is 0 Å². The molecule has 29 heavy (non-hydrogen) atoms. The first kappa shape index (κ1) is 25.4. The number of carbonyl (C=O) groups is 1. The smallest absolute Gasteiger partial charge is 0.220 e. The second kappa shape index (κ2) is 15.2. The van der Waals surface area contributed by atoms with Gasteiger partial charge in [-0.15, -0.1) is 0 Å². The first-order valence-corrected chi connectivity index (χ1v) is 11.6. The number of aryl methyl sites for hydroxylation is 2. The first-order valence-electron chi connectivity index (χ1n) is 11.6. The van der Waals surface area contributed by atoms with E-state index in [0.717, 1.165) is 30.8 Å². The van der Waals surface area contributed by atoms with E-state index < -0.39 is 0 Å². The molecule has 1 unspecified atom stereocenters. The van der Waals surface area contributed by atoms with E-state index in [0.29, 0.717) is 12.8 Å². The zero-order valence-corrected chi connectivity index (χ0v) is 19.4. The van der Waals surface area contributed by atoms with Crippen molar-refractivity contribution in [1.82, 2.24) is 10.6 Å². The molecule has 0 aliphatic carbocycles. The monoisotopic (exact) mass is 401 g/mol. The molecule has 0 spiro atoms. The number of amides is 1. The molecule has 0 radical (unpaired) electrons. The molecule has 1 atom stereocenters. The number of aliphatic imine (C=N–C) groups is 1. The van der Waals surface area contributed by atoms with Crippen LogP contribution < -0.4 is 10.6 Å². The number of nitrogens with one attached hydrogen (secondary N) is 2. The quantitative estimate of drug-likeness (QED) is 0.285. The Hall–Kier alpha value is -1.68. The van der Waals surface area contributed by atoms with Gasteiger partial charge in [0, 0.05) is 24.7 Å². The Morgan fingerprint density at radius 2 is 1.79 bits per heavy atom. The molecule has 1 aromatic carbocycles. The molecule has 1 amide bonds. The van der Waals surface area contributed by atoms with E-state index in [1.165, 1.54) is 49.7 Å². The lowest BCUT2D eigenvalue weighted by atomic mass is 10.1. The highest BCUT2D eigenvalue weighted by atomic mass is 16.1. The van der Waals surface area contributed by atoms with Crippen molar-refractivity contribution in [1.29, 1.82) is 0 Å². The second-order valence-electron chi connectivity index (χ2n) is 8.20. The summed E-state index contributed by atoms with van der Waals surface area (Å²) in [5, 5.41) is 6.42. The molecule has 1 rings (SSSR count). The molecule has 0 aromatic heterocycles. The third-order valence-corrected chi connectivity index (χ3v) is 5.42. The first-order chi connectivity index (χ1) is 14.0. The summed E-state index contributed by atoms with van der Waals surface area (Å²) in [6.45, 7) is 9.35. The maximum atomic E-state index is 12.4. The van der Waals surface area contributed by atoms with Crippen LogP contribution in [0.3, 0.4) is 0 Å². The van der Waals surface area contributed by atoms with Gasteiger partial charge in [-0.05, 0) is 57.4 Å². The van der Waals surface area contributed by atoms with E-state index in [9.17, 15) is 4.79 Å². The van der Waals surface area contributed by atoms with E-state index >= 15 is 0 Å². The lowest BCUT2D eigenvalue weighted by molar-refractivity contribution is -0.121. The lowest BCUT2D eigenvalue weighted by Crippen LogP contribution is -2.41. The number of likely N-dealkylation sites (N-methyl/N-ethyl adjacent to an activating group) is 1. The fourth-order valence-electron chi connectivity index (χ4n) is 3.56. The molecular formula is C25H43N3O. The van der Waals surface area contributed by atoms with Crippen LogP contribution in [-0.2, 0) is 11.2 Å². The minimum absolute atomic E-state index is 0.129. The van der Waals surface area contributed by atoms with Gasteiger partial charge in [-0.1, -0.05) is 64.5 Å². The highest BCUT2D eigenvalue weighted by molar-refractivity contribution is 5.89. The summed E-state index contributed by atoms with van der Waals surface area (Å²) in [6, 6.07) is 6.64. The van der Waals surface area contributed by atoms with E-state index in [2.05, 4.69) is 49.6 Å². The van der Waals surface area contributed by atoms with Crippen LogP contribution in [0, 0.1) is 6.92 Å². The van der Waals surface area contributed by atoms with Crippen LogP contribution in [0.25, 0.3) is 0 Å². The minimum Gasteiger partial charge on any atom is -0.352 e. The largest absolute Gasteiger partial charge is 0.352 e. The maximum absolute atomic E-state index is 12.4. The predicted octanol–water partition coefficient (Wildman–Crippen LogP) is 5.88. The number of benzene rings is 1. The van der Waals surface area contributed by atoms with Gasteiger partial charge >= 0.3 is 0 Å². The SMILES string of the molecule is CCCCCCCCC(CNC)NC(=O)CC/C(C)=N/c1ccc(CC)cc1C. The molecule has 0 saturated heterocycles. The number of hydrogen-bond acceptors (Lipinski definition) is 3. The predicted molar refractivity (Wildman–Crippen MR) is 126 cm³/mol. The van der Waals surface area contributed by atoms with Gasteiger partial charge in [0.25, 0.3) is 0 Å². The molecular weight excluding hydrogens is 358 g/mol. The maximum Gasteiger partial charge on any atom is 0.220 e. The van der Waals surface area contributed by atoms with E-state index in [1.54, 1.807) is 0 Å². The van der Waals surface area contributed by atoms with Crippen molar-refractivity contribution >= 4 is 17.3 Å². The van der Waals surface area contributed by atoms with Crippen LogP contribution in [0.15, 0.2) is 23.2 Å². The van der Waals surface area contributed by atoms with E-state index in [4.69, 9.17) is 4.99 Å². The van der Waals surface area contributed by atoms with Crippen molar-refractivity contribution in [2.45, 2.75) is 97.9 Å². The van der Waals surface area contributed by atoms with Crippen LogP contribution in [0.2, 0.25) is 0 Å². The standard InChI is InChI=1S/C25H43N3O/c1-6-8-9-10-11-12-13-23(19-26-5)28-25(29)17-14-21(4)27-24-16-15-22(7-2)18-20(24)3/h15-16,18,23,26H,6-14,17,19H2,1-5H3,(H,28,29)/b27-21+. The summed E-state index contributed by atoms with van der Waals surface area (Å²) in [5.74, 6) is 0.129. The third kappa shape index (κ3) is 11.2. The second-order valence-corrected chi connectivity index (χ2v) is 8.20. The molecule has 0 fully saturated rings. The number of unbranched alkanes of at least 4 members (excludes halogenated alkanes) is 5. The summed E-state index contributed by atoms with van der Waals surface area (Å²) in [6.07, 6.45) is 11.0. The normalized spacial score (nSPS) is 12.8. The molecule has 0 heterocycles. The number of rotatable bonds is 15. The van der Waals surface area contributed by atoms with Crippen LogP contribution in [0.4, 0.5) is 5.69 Å². The summed E-state index contributed by atoms with van der Waals surface area (Å²) in [5.41, 5.74) is 4.55. The van der Waals surface area contributed by atoms with Crippen molar-refractivity contribution in [3.05, 3.63) is 29.3 Å². The van der Waals surface area contributed by atoms with Crippen LogP contribution in [-0.4, -0.2) is 31.3 Å².